The molecule has 0 aliphatic heterocycles. The molecular formula is C27H28O4. The van der Waals surface area contributed by atoms with Crippen LogP contribution >= 0.6 is 0 Å². The van der Waals surface area contributed by atoms with Crippen molar-refractivity contribution in [3.63, 3.8) is 0 Å². The summed E-state index contributed by atoms with van der Waals surface area (Å²) in [7, 11) is 0. The van der Waals surface area contributed by atoms with Crippen LogP contribution in [0.4, 0.5) is 0 Å². The van der Waals surface area contributed by atoms with Gasteiger partial charge < -0.3 is 9.47 Å². The lowest BCUT2D eigenvalue weighted by atomic mass is 10.2. The summed E-state index contributed by atoms with van der Waals surface area (Å²) >= 11 is 0. The molecule has 2 aromatic rings. The first kappa shape index (κ1) is 23.6. The SMILES string of the molecule is C/C(=C\C=C\c1ccccc1)C(=O)OCC(C)OC(=O)/C(C)=C/C=C/c1ccccc1. The Bertz CT molecular complexity index is 967. The van der Waals surface area contributed by atoms with Crippen LogP contribution in [0.1, 0.15) is 31.9 Å². The third-order valence-corrected chi connectivity index (χ3v) is 4.27. The maximum atomic E-state index is 12.2. The van der Waals surface area contributed by atoms with Gasteiger partial charge in [0.1, 0.15) is 12.7 Å². The Morgan fingerprint density at radius 2 is 1.23 bits per heavy atom. The Morgan fingerprint density at radius 3 is 1.71 bits per heavy atom. The van der Waals surface area contributed by atoms with Gasteiger partial charge in [-0.1, -0.05) is 97.1 Å². The molecule has 0 aromatic heterocycles. The third-order valence-electron chi connectivity index (χ3n) is 4.27. The highest BCUT2D eigenvalue weighted by Crippen LogP contribution is 2.07. The van der Waals surface area contributed by atoms with Crippen molar-refractivity contribution in [3.05, 3.63) is 107 Å². The molecule has 31 heavy (non-hydrogen) atoms. The van der Waals surface area contributed by atoms with Crippen molar-refractivity contribution >= 4 is 24.1 Å². The maximum Gasteiger partial charge on any atom is 0.334 e. The van der Waals surface area contributed by atoms with Gasteiger partial charge in [-0.05, 0) is 31.9 Å². The van der Waals surface area contributed by atoms with Crippen LogP contribution in [0.5, 0.6) is 0 Å². The van der Waals surface area contributed by atoms with E-state index < -0.39 is 18.0 Å². The van der Waals surface area contributed by atoms with Gasteiger partial charge in [0.25, 0.3) is 0 Å². The van der Waals surface area contributed by atoms with E-state index in [1.165, 1.54) is 0 Å². The molecule has 0 aliphatic carbocycles. The second kappa shape index (κ2) is 12.8. The Labute approximate surface area is 184 Å². The molecule has 0 spiro atoms. The van der Waals surface area contributed by atoms with Gasteiger partial charge in [0.05, 0.1) is 0 Å². The minimum absolute atomic E-state index is 0.00864. The van der Waals surface area contributed by atoms with E-state index in [1.807, 2.05) is 72.8 Å². The molecule has 4 heteroatoms. The van der Waals surface area contributed by atoms with E-state index in [4.69, 9.17) is 9.47 Å². The number of carbonyl (C=O) groups excluding carboxylic acids is 2. The Kier molecular flexibility index (Phi) is 9.76. The molecule has 0 heterocycles. The Morgan fingerprint density at radius 1 is 0.774 bits per heavy atom. The van der Waals surface area contributed by atoms with Crippen LogP contribution in [0.2, 0.25) is 0 Å². The molecule has 1 atom stereocenters. The minimum Gasteiger partial charge on any atom is -0.458 e. The molecule has 160 valence electrons. The molecule has 0 bridgehead atoms. The van der Waals surface area contributed by atoms with Crippen molar-refractivity contribution in [1.29, 1.82) is 0 Å². The number of ether oxygens (including phenoxy) is 2. The molecule has 0 amide bonds. The number of esters is 2. The largest absolute Gasteiger partial charge is 0.458 e. The van der Waals surface area contributed by atoms with Crippen LogP contribution in [0.3, 0.4) is 0 Å². The molecule has 0 saturated heterocycles. The van der Waals surface area contributed by atoms with Crippen molar-refractivity contribution in [2.24, 2.45) is 0 Å². The average Bonchev–Trinajstić information content (AvgIpc) is 2.78. The highest BCUT2D eigenvalue weighted by atomic mass is 16.6. The molecule has 2 rings (SSSR count). The molecular weight excluding hydrogens is 388 g/mol. The summed E-state index contributed by atoms with van der Waals surface area (Å²) in [5, 5.41) is 0. The van der Waals surface area contributed by atoms with Crippen molar-refractivity contribution in [2.75, 3.05) is 6.61 Å². The van der Waals surface area contributed by atoms with Gasteiger partial charge in [-0.2, -0.15) is 0 Å². The lowest BCUT2D eigenvalue weighted by Gasteiger charge is -2.13. The van der Waals surface area contributed by atoms with Gasteiger partial charge in [0, 0.05) is 11.1 Å². The zero-order chi connectivity index (χ0) is 22.5. The summed E-state index contributed by atoms with van der Waals surface area (Å²) < 4.78 is 10.6. The fourth-order valence-corrected chi connectivity index (χ4v) is 2.49. The second-order valence-electron chi connectivity index (χ2n) is 7.05. The normalized spacial score (nSPS) is 13.4. The smallest absolute Gasteiger partial charge is 0.334 e. The van der Waals surface area contributed by atoms with Crippen LogP contribution in [-0.4, -0.2) is 24.6 Å². The van der Waals surface area contributed by atoms with Gasteiger partial charge in [0.2, 0.25) is 0 Å². The quantitative estimate of drug-likeness (QED) is 0.295. The number of rotatable bonds is 9. The van der Waals surface area contributed by atoms with E-state index in [1.54, 1.807) is 45.1 Å². The van der Waals surface area contributed by atoms with E-state index in [0.29, 0.717) is 11.1 Å². The van der Waals surface area contributed by atoms with E-state index in [2.05, 4.69) is 0 Å². The molecule has 2 aromatic carbocycles. The van der Waals surface area contributed by atoms with Gasteiger partial charge in [-0.15, -0.1) is 0 Å². The first-order chi connectivity index (χ1) is 15.0. The van der Waals surface area contributed by atoms with Gasteiger partial charge >= 0.3 is 11.9 Å². The van der Waals surface area contributed by atoms with Gasteiger partial charge in [-0.3, -0.25) is 0 Å². The predicted molar refractivity (Wildman–Crippen MR) is 125 cm³/mol. The van der Waals surface area contributed by atoms with Crippen LogP contribution in [0.25, 0.3) is 12.2 Å². The zero-order valence-electron chi connectivity index (χ0n) is 18.2. The van der Waals surface area contributed by atoms with E-state index >= 15 is 0 Å². The molecule has 0 radical (unpaired) electrons. The topological polar surface area (TPSA) is 52.6 Å². The summed E-state index contributed by atoms with van der Waals surface area (Å²) in [6.45, 7) is 5.04. The minimum atomic E-state index is -0.550. The highest BCUT2D eigenvalue weighted by Gasteiger charge is 2.14. The Hall–Kier alpha value is -3.66. The number of carbonyl (C=O) groups is 2. The monoisotopic (exact) mass is 416 g/mol. The lowest BCUT2D eigenvalue weighted by molar-refractivity contribution is -0.152. The van der Waals surface area contributed by atoms with Crippen molar-refractivity contribution in [3.8, 4) is 0 Å². The summed E-state index contributed by atoms with van der Waals surface area (Å²) in [6, 6.07) is 19.6. The van der Waals surface area contributed by atoms with Crippen LogP contribution < -0.4 is 0 Å². The Balaban J connectivity index is 1.77. The molecule has 0 N–H and O–H groups in total. The standard InChI is InChI=1S/C27H28O4/c1-21(12-10-18-24-14-6-4-7-15-24)26(28)30-20-23(3)31-27(29)22(2)13-11-19-25-16-8-5-9-17-25/h4-19,23H,20H2,1-3H3/b18-10+,19-11+,21-12+,22-13+. The van der Waals surface area contributed by atoms with Crippen LogP contribution in [0, 0.1) is 0 Å². The maximum absolute atomic E-state index is 12.2. The first-order valence-electron chi connectivity index (χ1n) is 10.1. The number of benzene rings is 2. The number of allylic oxidation sites excluding steroid dienone is 4. The molecule has 1 unspecified atom stereocenters. The van der Waals surface area contributed by atoms with Crippen LogP contribution in [-0.2, 0) is 19.1 Å². The van der Waals surface area contributed by atoms with E-state index in [9.17, 15) is 9.59 Å². The molecule has 0 saturated carbocycles. The van der Waals surface area contributed by atoms with E-state index in [0.717, 1.165) is 11.1 Å². The van der Waals surface area contributed by atoms with Crippen molar-refractivity contribution < 1.29 is 19.1 Å². The van der Waals surface area contributed by atoms with Gasteiger partial charge in [0.15, 0.2) is 0 Å². The second-order valence-corrected chi connectivity index (χ2v) is 7.05. The average molecular weight is 417 g/mol. The fraction of sp³-hybridized carbons (Fsp3) is 0.185. The molecule has 0 fully saturated rings. The van der Waals surface area contributed by atoms with Gasteiger partial charge in [-0.25, -0.2) is 9.59 Å². The first-order valence-corrected chi connectivity index (χ1v) is 10.1. The number of hydrogen-bond donors (Lipinski definition) is 0. The van der Waals surface area contributed by atoms with E-state index in [-0.39, 0.29) is 6.61 Å². The third kappa shape index (κ3) is 9.13. The molecule has 4 nitrogen and oxygen atoms in total. The zero-order valence-corrected chi connectivity index (χ0v) is 18.2. The highest BCUT2D eigenvalue weighted by molar-refractivity contribution is 5.89. The van der Waals surface area contributed by atoms with Crippen molar-refractivity contribution in [1.82, 2.24) is 0 Å². The summed E-state index contributed by atoms with van der Waals surface area (Å²) in [5.74, 6) is -0.891. The fourth-order valence-electron chi connectivity index (χ4n) is 2.49. The summed E-state index contributed by atoms with van der Waals surface area (Å²) in [4.78, 5) is 24.3. The van der Waals surface area contributed by atoms with Crippen LogP contribution in [0.15, 0.2) is 96.1 Å². The predicted octanol–water partition coefficient (Wildman–Crippen LogP) is 5.78. The lowest BCUT2D eigenvalue weighted by Crippen LogP contribution is -2.23. The summed E-state index contributed by atoms with van der Waals surface area (Å²) in [6.07, 6.45) is 10.2. The summed E-state index contributed by atoms with van der Waals surface area (Å²) in [5.41, 5.74) is 3.02. The van der Waals surface area contributed by atoms with Crippen molar-refractivity contribution in [2.45, 2.75) is 26.9 Å². The number of hydrogen-bond acceptors (Lipinski definition) is 4. The molecule has 0 aliphatic rings.